The average Bonchev–Trinajstić information content (AvgIpc) is 2.90. The van der Waals surface area contributed by atoms with Crippen molar-refractivity contribution >= 4 is 17.7 Å². The molecule has 1 aliphatic carbocycles. The molecule has 1 unspecified atom stereocenters. The molecule has 3 nitrogen and oxygen atoms in total. The third-order valence-corrected chi connectivity index (χ3v) is 4.13. The highest BCUT2D eigenvalue weighted by atomic mass is 32.2. The summed E-state index contributed by atoms with van der Waals surface area (Å²) in [5, 5.41) is 6.47. The van der Waals surface area contributed by atoms with E-state index in [1.807, 2.05) is 11.8 Å². The Morgan fingerprint density at radius 1 is 1.27 bits per heavy atom. The van der Waals surface area contributed by atoms with Gasteiger partial charge in [0.2, 0.25) is 5.91 Å². The van der Waals surface area contributed by atoms with E-state index in [0.29, 0.717) is 0 Å². The summed E-state index contributed by atoms with van der Waals surface area (Å²) < 4.78 is 0. The van der Waals surface area contributed by atoms with Crippen molar-refractivity contribution in [1.29, 1.82) is 0 Å². The van der Waals surface area contributed by atoms with Gasteiger partial charge in [0.25, 0.3) is 0 Å². The smallest absolute Gasteiger partial charge is 0.223 e. The van der Waals surface area contributed by atoms with Crippen molar-refractivity contribution in [3.8, 4) is 0 Å². The molecule has 15 heavy (non-hydrogen) atoms. The van der Waals surface area contributed by atoms with Crippen molar-refractivity contribution in [3.05, 3.63) is 0 Å². The zero-order valence-corrected chi connectivity index (χ0v) is 9.94. The van der Waals surface area contributed by atoms with Crippen molar-refractivity contribution < 1.29 is 4.79 Å². The van der Waals surface area contributed by atoms with Crippen molar-refractivity contribution in [2.45, 2.75) is 31.7 Å². The number of carbonyl (C=O) groups is 1. The maximum atomic E-state index is 11.6. The number of thioether (sulfide) groups is 1. The zero-order valence-electron chi connectivity index (χ0n) is 9.13. The molecular weight excluding hydrogens is 208 g/mol. The van der Waals surface area contributed by atoms with Gasteiger partial charge in [-0.1, -0.05) is 0 Å². The fourth-order valence-electron chi connectivity index (χ4n) is 1.78. The van der Waals surface area contributed by atoms with Crippen LogP contribution < -0.4 is 10.6 Å². The zero-order chi connectivity index (χ0) is 10.5. The van der Waals surface area contributed by atoms with Gasteiger partial charge in [-0.2, -0.15) is 11.8 Å². The van der Waals surface area contributed by atoms with E-state index >= 15 is 0 Å². The summed E-state index contributed by atoms with van der Waals surface area (Å²) in [6.45, 7) is 1.88. The Hall–Kier alpha value is -0.220. The summed E-state index contributed by atoms with van der Waals surface area (Å²) >= 11 is 1.89. The highest BCUT2D eigenvalue weighted by molar-refractivity contribution is 7.99. The molecule has 1 amide bonds. The van der Waals surface area contributed by atoms with Crippen molar-refractivity contribution in [3.63, 3.8) is 0 Å². The first kappa shape index (κ1) is 11.3. The van der Waals surface area contributed by atoms with Gasteiger partial charge in [-0.25, -0.2) is 0 Å². The van der Waals surface area contributed by atoms with Crippen LogP contribution in [0.2, 0.25) is 0 Å². The van der Waals surface area contributed by atoms with Gasteiger partial charge in [-0.05, 0) is 38.0 Å². The van der Waals surface area contributed by atoms with Gasteiger partial charge < -0.3 is 10.6 Å². The van der Waals surface area contributed by atoms with Crippen LogP contribution >= 0.6 is 11.8 Å². The van der Waals surface area contributed by atoms with Gasteiger partial charge >= 0.3 is 0 Å². The summed E-state index contributed by atoms with van der Waals surface area (Å²) in [5.41, 5.74) is 0. The highest BCUT2D eigenvalue weighted by Crippen LogP contribution is 2.23. The van der Waals surface area contributed by atoms with E-state index < -0.39 is 0 Å². The fraction of sp³-hybridized carbons (Fsp3) is 0.909. The maximum absolute atomic E-state index is 11.6. The SMILES string of the molecule is O=C(NCCCNC1CC1)C1CCSC1. The minimum Gasteiger partial charge on any atom is -0.356 e. The fourth-order valence-corrected chi connectivity index (χ4v) is 3.00. The molecule has 1 saturated carbocycles. The van der Waals surface area contributed by atoms with E-state index in [2.05, 4.69) is 10.6 Å². The third kappa shape index (κ3) is 4.03. The molecule has 4 heteroatoms. The van der Waals surface area contributed by atoms with E-state index in [4.69, 9.17) is 0 Å². The Balaban J connectivity index is 1.46. The summed E-state index contributed by atoms with van der Waals surface area (Å²) in [7, 11) is 0. The maximum Gasteiger partial charge on any atom is 0.223 e. The van der Waals surface area contributed by atoms with Crippen molar-refractivity contribution in [2.75, 3.05) is 24.6 Å². The van der Waals surface area contributed by atoms with Crippen LogP contribution in [-0.2, 0) is 4.79 Å². The lowest BCUT2D eigenvalue weighted by Gasteiger charge is -2.09. The lowest BCUT2D eigenvalue weighted by molar-refractivity contribution is -0.124. The Kier molecular flexibility index (Phi) is 4.32. The summed E-state index contributed by atoms with van der Waals surface area (Å²) in [5.74, 6) is 2.73. The molecule has 1 atom stereocenters. The van der Waals surface area contributed by atoms with Gasteiger partial charge in [-0.15, -0.1) is 0 Å². The molecule has 1 saturated heterocycles. The van der Waals surface area contributed by atoms with Gasteiger partial charge in [0.1, 0.15) is 0 Å². The second kappa shape index (κ2) is 5.75. The third-order valence-electron chi connectivity index (χ3n) is 2.96. The van der Waals surface area contributed by atoms with Gasteiger partial charge in [0, 0.05) is 24.3 Å². The summed E-state index contributed by atoms with van der Waals surface area (Å²) in [6, 6.07) is 0.784. The van der Waals surface area contributed by atoms with Gasteiger partial charge in [0.15, 0.2) is 0 Å². The lowest BCUT2D eigenvalue weighted by atomic mass is 10.1. The molecule has 0 bridgehead atoms. The molecule has 2 rings (SSSR count). The molecule has 86 valence electrons. The van der Waals surface area contributed by atoms with E-state index in [1.165, 1.54) is 12.8 Å². The largest absolute Gasteiger partial charge is 0.356 e. The number of carbonyl (C=O) groups excluding carboxylic acids is 1. The normalized spacial score (nSPS) is 25.5. The van der Waals surface area contributed by atoms with E-state index in [0.717, 1.165) is 43.5 Å². The van der Waals surface area contributed by atoms with Gasteiger partial charge in [-0.3, -0.25) is 4.79 Å². The number of hydrogen-bond donors (Lipinski definition) is 2. The first-order valence-corrected chi connectivity index (χ1v) is 7.10. The molecule has 2 aliphatic rings. The second-order valence-corrected chi connectivity index (χ2v) is 5.58. The molecule has 0 aromatic carbocycles. The first-order valence-electron chi connectivity index (χ1n) is 5.95. The molecule has 1 aliphatic heterocycles. The Labute approximate surface area is 95.8 Å². The molecule has 0 spiro atoms. The Morgan fingerprint density at radius 2 is 2.13 bits per heavy atom. The van der Waals surface area contributed by atoms with Crippen LogP contribution in [0.15, 0.2) is 0 Å². The van der Waals surface area contributed by atoms with Crippen molar-refractivity contribution in [2.24, 2.45) is 5.92 Å². The molecule has 2 fully saturated rings. The monoisotopic (exact) mass is 228 g/mol. The Morgan fingerprint density at radius 3 is 2.80 bits per heavy atom. The lowest BCUT2D eigenvalue weighted by Crippen LogP contribution is -2.33. The van der Waals surface area contributed by atoms with Crippen LogP contribution in [-0.4, -0.2) is 36.5 Å². The predicted octanol–water partition coefficient (Wildman–Crippen LogP) is 0.998. The number of nitrogens with one attached hydrogen (secondary N) is 2. The predicted molar refractivity (Wildman–Crippen MR) is 64.1 cm³/mol. The van der Waals surface area contributed by atoms with E-state index in [-0.39, 0.29) is 11.8 Å². The van der Waals surface area contributed by atoms with Crippen molar-refractivity contribution in [1.82, 2.24) is 10.6 Å². The van der Waals surface area contributed by atoms with Crippen LogP contribution in [0.4, 0.5) is 0 Å². The van der Waals surface area contributed by atoms with Crippen LogP contribution in [0.1, 0.15) is 25.7 Å². The molecular formula is C11H20N2OS. The highest BCUT2D eigenvalue weighted by Gasteiger charge is 2.22. The molecule has 0 aromatic rings. The summed E-state index contributed by atoms with van der Waals surface area (Å²) in [4.78, 5) is 11.6. The topological polar surface area (TPSA) is 41.1 Å². The number of rotatable bonds is 6. The molecule has 2 N–H and O–H groups in total. The van der Waals surface area contributed by atoms with Crippen LogP contribution in [0.25, 0.3) is 0 Å². The van der Waals surface area contributed by atoms with E-state index in [9.17, 15) is 4.79 Å². The second-order valence-electron chi connectivity index (χ2n) is 4.43. The molecule has 0 radical (unpaired) electrons. The minimum absolute atomic E-state index is 0.270. The number of hydrogen-bond acceptors (Lipinski definition) is 3. The van der Waals surface area contributed by atoms with E-state index in [1.54, 1.807) is 0 Å². The first-order chi connectivity index (χ1) is 7.36. The van der Waals surface area contributed by atoms with Gasteiger partial charge in [0.05, 0.1) is 0 Å². The van der Waals surface area contributed by atoms with Crippen LogP contribution in [0.5, 0.6) is 0 Å². The standard InChI is InChI=1S/C11H20N2OS/c14-11(9-4-7-15-8-9)13-6-1-5-12-10-2-3-10/h9-10,12H,1-8H2,(H,13,14). The van der Waals surface area contributed by atoms with Crippen LogP contribution in [0.3, 0.4) is 0 Å². The van der Waals surface area contributed by atoms with Crippen LogP contribution in [0, 0.1) is 5.92 Å². The number of amides is 1. The molecule has 0 aromatic heterocycles. The quantitative estimate of drug-likeness (QED) is 0.666. The Bertz CT molecular complexity index is 213. The minimum atomic E-state index is 0.270. The average molecular weight is 228 g/mol. The summed E-state index contributed by atoms with van der Waals surface area (Å²) in [6.07, 6.45) is 4.80. The molecule has 1 heterocycles.